The van der Waals surface area contributed by atoms with Crippen LogP contribution in [0.4, 0.5) is 0 Å². The molecule has 1 unspecified atom stereocenters. The van der Waals surface area contributed by atoms with Crippen LogP contribution < -0.4 is 0 Å². The Labute approximate surface area is 79.3 Å². The Morgan fingerprint density at radius 1 is 1.38 bits per heavy atom. The number of benzene rings is 1. The van der Waals surface area contributed by atoms with Crippen LogP contribution in [-0.2, 0) is 9.53 Å². The van der Waals surface area contributed by atoms with Crippen molar-refractivity contribution in [1.29, 1.82) is 0 Å². The summed E-state index contributed by atoms with van der Waals surface area (Å²) in [6.07, 6.45) is 0. The molecule has 0 aliphatic carbocycles. The van der Waals surface area contributed by atoms with E-state index in [-0.39, 0.29) is 0 Å². The summed E-state index contributed by atoms with van der Waals surface area (Å²) in [6.45, 7) is 1.98. The van der Waals surface area contributed by atoms with Gasteiger partial charge in [0.25, 0.3) is 0 Å². The number of ether oxygens (including phenoxy) is 1. The highest BCUT2D eigenvalue weighted by atomic mass is 16.5. The van der Waals surface area contributed by atoms with E-state index in [4.69, 9.17) is 7.85 Å². The molecular formula is C10H11BO2. The molecule has 0 aromatic heterocycles. The van der Waals surface area contributed by atoms with E-state index in [9.17, 15) is 4.79 Å². The van der Waals surface area contributed by atoms with Gasteiger partial charge >= 0.3 is 5.97 Å². The van der Waals surface area contributed by atoms with Crippen molar-refractivity contribution in [2.75, 3.05) is 7.11 Å². The first-order valence-corrected chi connectivity index (χ1v) is 4.05. The van der Waals surface area contributed by atoms with Gasteiger partial charge in [0.15, 0.2) is 0 Å². The fourth-order valence-corrected chi connectivity index (χ4v) is 1.04. The molecule has 0 amide bonds. The lowest BCUT2D eigenvalue weighted by molar-refractivity contribution is -0.140. The van der Waals surface area contributed by atoms with Gasteiger partial charge < -0.3 is 4.74 Å². The predicted octanol–water partition coefficient (Wildman–Crippen LogP) is 1.38. The molecule has 1 aromatic rings. The second-order valence-corrected chi connectivity index (χ2v) is 2.91. The number of aryl methyl sites for hydroxylation is 1. The third-order valence-electron chi connectivity index (χ3n) is 1.89. The largest absolute Gasteiger partial charge is 0.469 e. The zero-order valence-electron chi connectivity index (χ0n) is 7.78. The second kappa shape index (κ2) is 4.12. The van der Waals surface area contributed by atoms with Gasteiger partial charge in [0.2, 0.25) is 0 Å². The first-order valence-electron chi connectivity index (χ1n) is 4.05. The van der Waals surface area contributed by atoms with E-state index in [1.165, 1.54) is 7.11 Å². The molecule has 1 atom stereocenters. The van der Waals surface area contributed by atoms with Gasteiger partial charge in [-0.2, -0.15) is 0 Å². The number of rotatable bonds is 2. The van der Waals surface area contributed by atoms with E-state index in [1.807, 2.05) is 31.2 Å². The molecule has 2 nitrogen and oxygen atoms in total. The van der Waals surface area contributed by atoms with Crippen molar-refractivity contribution in [1.82, 2.24) is 0 Å². The molecule has 0 aliphatic heterocycles. The maximum Gasteiger partial charge on any atom is 0.304 e. The fourth-order valence-electron chi connectivity index (χ4n) is 1.04. The average molecular weight is 174 g/mol. The zero-order chi connectivity index (χ0) is 9.84. The van der Waals surface area contributed by atoms with Gasteiger partial charge in [-0.25, -0.2) is 0 Å². The van der Waals surface area contributed by atoms with Crippen LogP contribution in [0.2, 0.25) is 0 Å². The number of carbonyl (C=O) groups is 1. The van der Waals surface area contributed by atoms with Crippen LogP contribution in [0.3, 0.4) is 0 Å². The van der Waals surface area contributed by atoms with Gasteiger partial charge in [-0.05, 0) is 12.5 Å². The highest BCUT2D eigenvalue weighted by molar-refractivity contribution is 6.23. The molecule has 0 saturated carbocycles. The van der Waals surface area contributed by atoms with Crippen molar-refractivity contribution < 1.29 is 9.53 Å². The van der Waals surface area contributed by atoms with Gasteiger partial charge in [0.05, 0.1) is 15.0 Å². The first-order chi connectivity index (χ1) is 6.15. The van der Waals surface area contributed by atoms with Crippen molar-refractivity contribution in [2.45, 2.75) is 12.7 Å². The Bertz CT molecular complexity index is 292. The zero-order valence-corrected chi connectivity index (χ0v) is 7.78. The van der Waals surface area contributed by atoms with E-state index in [1.54, 1.807) is 0 Å². The Balaban J connectivity index is 2.83. The van der Waals surface area contributed by atoms with Gasteiger partial charge in [0, 0.05) is 5.82 Å². The minimum Gasteiger partial charge on any atom is -0.469 e. The van der Waals surface area contributed by atoms with Gasteiger partial charge in [-0.1, -0.05) is 29.8 Å². The van der Waals surface area contributed by atoms with Crippen LogP contribution in [0.1, 0.15) is 16.9 Å². The van der Waals surface area contributed by atoms with Crippen LogP contribution in [-0.4, -0.2) is 20.9 Å². The van der Waals surface area contributed by atoms with Crippen LogP contribution >= 0.6 is 0 Å². The monoisotopic (exact) mass is 174 g/mol. The molecule has 0 saturated heterocycles. The number of methoxy groups -OCH3 is 1. The van der Waals surface area contributed by atoms with Crippen LogP contribution in [0.15, 0.2) is 24.3 Å². The van der Waals surface area contributed by atoms with Crippen molar-refractivity contribution in [3.63, 3.8) is 0 Å². The molecule has 66 valence electrons. The molecule has 13 heavy (non-hydrogen) atoms. The maximum absolute atomic E-state index is 11.0. The minimum absolute atomic E-state index is 0.413. The lowest BCUT2D eigenvalue weighted by Crippen LogP contribution is -2.13. The third-order valence-corrected chi connectivity index (χ3v) is 1.89. The second-order valence-electron chi connectivity index (χ2n) is 2.91. The predicted molar refractivity (Wildman–Crippen MR) is 51.7 cm³/mol. The highest BCUT2D eigenvalue weighted by Crippen LogP contribution is 2.13. The average Bonchev–Trinajstić information content (AvgIpc) is 2.17. The Morgan fingerprint density at radius 2 is 1.92 bits per heavy atom. The Hall–Kier alpha value is -1.25. The minimum atomic E-state index is -0.675. The van der Waals surface area contributed by atoms with Crippen molar-refractivity contribution >= 4 is 13.8 Å². The van der Waals surface area contributed by atoms with E-state index in [0.717, 1.165) is 11.1 Å². The van der Waals surface area contributed by atoms with Crippen LogP contribution in [0, 0.1) is 6.92 Å². The molecule has 3 heteroatoms. The van der Waals surface area contributed by atoms with Crippen LogP contribution in [0.25, 0.3) is 0 Å². The molecule has 0 fully saturated rings. The molecule has 0 N–H and O–H groups in total. The third kappa shape index (κ3) is 2.34. The van der Waals surface area contributed by atoms with Crippen molar-refractivity contribution in [2.24, 2.45) is 0 Å². The topological polar surface area (TPSA) is 26.3 Å². The summed E-state index contributed by atoms with van der Waals surface area (Å²) in [7, 11) is 6.95. The van der Waals surface area contributed by atoms with Gasteiger partial charge in [-0.15, -0.1) is 0 Å². The molecule has 0 spiro atoms. The van der Waals surface area contributed by atoms with Crippen LogP contribution in [0.5, 0.6) is 0 Å². The lowest BCUT2D eigenvalue weighted by Gasteiger charge is -2.09. The number of hydrogen-bond acceptors (Lipinski definition) is 2. The van der Waals surface area contributed by atoms with E-state index in [0.29, 0.717) is 0 Å². The standard InChI is InChI=1S/C10H11BO2/c1-7-3-5-8(6-4-7)9(11)10(12)13-2/h3-6,9H,1-2H3. The summed E-state index contributed by atoms with van der Waals surface area (Å²) in [5.41, 5.74) is 1.92. The quantitative estimate of drug-likeness (QED) is 0.500. The number of hydrogen-bond donors (Lipinski definition) is 0. The SMILES string of the molecule is [B]C(C(=O)OC)c1ccc(C)cc1. The summed E-state index contributed by atoms with van der Waals surface area (Å²) < 4.78 is 4.53. The lowest BCUT2D eigenvalue weighted by atomic mass is 9.81. The molecule has 0 bridgehead atoms. The van der Waals surface area contributed by atoms with Gasteiger partial charge in [-0.3, -0.25) is 4.79 Å². The Kier molecular flexibility index (Phi) is 3.12. The van der Waals surface area contributed by atoms with E-state index >= 15 is 0 Å². The molecular weight excluding hydrogens is 163 g/mol. The van der Waals surface area contributed by atoms with Crippen molar-refractivity contribution in [3.8, 4) is 0 Å². The highest BCUT2D eigenvalue weighted by Gasteiger charge is 2.13. The summed E-state index contributed by atoms with van der Waals surface area (Å²) >= 11 is 0. The summed E-state index contributed by atoms with van der Waals surface area (Å²) in [5, 5.41) is 0. The summed E-state index contributed by atoms with van der Waals surface area (Å²) in [4.78, 5) is 11.0. The van der Waals surface area contributed by atoms with Gasteiger partial charge in [0.1, 0.15) is 0 Å². The molecule has 2 radical (unpaired) electrons. The maximum atomic E-state index is 11.0. The first kappa shape index (κ1) is 9.84. The summed E-state index contributed by atoms with van der Waals surface area (Å²) in [5.74, 6) is -1.09. The molecule has 0 aliphatic rings. The number of carbonyl (C=O) groups excluding carboxylic acids is 1. The fraction of sp³-hybridized carbons (Fsp3) is 0.300. The van der Waals surface area contributed by atoms with E-state index < -0.39 is 11.8 Å². The van der Waals surface area contributed by atoms with E-state index in [2.05, 4.69) is 4.74 Å². The Morgan fingerprint density at radius 3 is 2.38 bits per heavy atom. The normalized spacial score (nSPS) is 12.2. The number of esters is 1. The van der Waals surface area contributed by atoms with Crippen molar-refractivity contribution in [3.05, 3.63) is 35.4 Å². The summed E-state index contributed by atoms with van der Waals surface area (Å²) in [6, 6.07) is 7.49. The molecule has 1 aromatic carbocycles. The smallest absolute Gasteiger partial charge is 0.304 e. The molecule has 1 rings (SSSR count). The molecule has 0 heterocycles.